The summed E-state index contributed by atoms with van der Waals surface area (Å²) in [6.45, 7) is 7.86. The molecule has 2 atom stereocenters. The Hall–Kier alpha value is -0.650. The van der Waals surface area contributed by atoms with E-state index in [4.69, 9.17) is 5.84 Å². The molecule has 0 radical (unpaired) electrons. The molecule has 1 amide bonds. The third-order valence-corrected chi connectivity index (χ3v) is 3.61. The molecule has 1 fully saturated rings. The zero-order valence-electron chi connectivity index (χ0n) is 11.3. The maximum atomic E-state index is 11.1. The fourth-order valence-corrected chi connectivity index (χ4v) is 2.62. The molecule has 17 heavy (non-hydrogen) atoms. The molecule has 5 nitrogen and oxygen atoms in total. The summed E-state index contributed by atoms with van der Waals surface area (Å²) in [5.74, 6) is 5.01. The fraction of sp³-hybridized carbons (Fsp3) is 0.917. The highest BCUT2D eigenvalue weighted by molar-refractivity contribution is 5.75. The first-order chi connectivity index (χ1) is 8.04. The van der Waals surface area contributed by atoms with E-state index in [1.54, 1.807) is 0 Å². The Morgan fingerprint density at radius 3 is 2.88 bits per heavy atom. The van der Waals surface area contributed by atoms with Crippen LogP contribution in [0.15, 0.2) is 0 Å². The second-order valence-corrected chi connectivity index (χ2v) is 5.16. The maximum absolute atomic E-state index is 11.1. The molecule has 0 aromatic rings. The molecule has 0 aliphatic carbocycles. The summed E-state index contributed by atoms with van der Waals surface area (Å²) in [5.41, 5.74) is 2.19. The van der Waals surface area contributed by atoms with Crippen molar-refractivity contribution in [1.82, 2.24) is 15.2 Å². The van der Waals surface area contributed by atoms with Gasteiger partial charge in [0.15, 0.2) is 0 Å². The van der Waals surface area contributed by atoms with Crippen molar-refractivity contribution in [3.05, 3.63) is 0 Å². The molecule has 0 saturated carbocycles. The lowest BCUT2D eigenvalue weighted by molar-refractivity contribution is -0.121. The van der Waals surface area contributed by atoms with Crippen LogP contribution in [0.25, 0.3) is 0 Å². The topological polar surface area (TPSA) is 61.6 Å². The van der Waals surface area contributed by atoms with Crippen LogP contribution in [-0.4, -0.2) is 54.5 Å². The number of carbonyl (C=O) groups excluding carboxylic acids is 1. The summed E-state index contributed by atoms with van der Waals surface area (Å²) >= 11 is 0. The van der Waals surface area contributed by atoms with Gasteiger partial charge in [0.1, 0.15) is 0 Å². The van der Waals surface area contributed by atoms with Crippen molar-refractivity contribution in [2.45, 2.75) is 45.2 Å². The highest BCUT2D eigenvalue weighted by Crippen LogP contribution is 2.15. The average Bonchev–Trinajstić information content (AvgIpc) is 2.46. The third kappa shape index (κ3) is 4.61. The molecule has 1 rings (SSSR count). The van der Waals surface area contributed by atoms with E-state index in [1.807, 2.05) is 0 Å². The van der Waals surface area contributed by atoms with Gasteiger partial charge in [-0.05, 0) is 46.8 Å². The lowest BCUT2D eigenvalue weighted by atomic mass is 10.1. The molecule has 3 N–H and O–H groups in total. The van der Waals surface area contributed by atoms with E-state index in [0.29, 0.717) is 18.5 Å². The van der Waals surface area contributed by atoms with Gasteiger partial charge in [0.2, 0.25) is 5.91 Å². The summed E-state index contributed by atoms with van der Waals surface area (Å²) in [5, 5.41) is 0. The molecular weight excluding hydrogens is 216 g/mol. The minimum Gasteiger partial charge on any atom is -0.305 e. The quantitative estimate of drug-likeness (QED) is 0.419. The van der Waals surface area contributed by atoms with Gasteiger partial charge in [-0.3, -0.25) is 15.1 Å². The van der Waals surface area contributed by atoms with E-state index in [0.717, 1.165) is 26.1 Å². The number of carbonyl (C=O) groups is 1. The SMILES string of the molecule is CC(CCC(=O)NN)N1CCCN(C)CC1C. The summed E-state index contributed by atoms with van der Waals surface area (Å²) in [6, 6.07) is 0.993. The number of nitrogens with one attached hydrogen (secondary N) is 1. The summed E-state index contributed by atoms with van der Waals surface area (Å²) in [4.78, 5) is 16.0. The number of hydrogen-bond donors (Lipinski definition) is 2. The number of nitrogens with two attached hydrogens (primary N) is 1. The van der Waals surface area contributed by atoms with Crippen molar-refractivity contribution in [1.29, 1.82) is 0 Å². The Balaban J connectivity index is 2.43. The molecule has 5 heteroatoms. The Morgan fingerprint density at radius 2 is 2.24 bits per heavy atom. The minimum absolute atomic E-state index is 0.0727. The van der Waals surface area contributed by atoms with Crippen LogP contribution in [-0.2, 0) is 4.79 Å². The largest absolute Gasteiger partial charge is 0.305 e. The summed E-state index contributed by atoms with van der Waals surface area (Å²) in [7, 11) is 2.17. The monoisotopic (exact) mass is 242 g/mol. The molecule has 1 saturated heterocycles. The van der Waals surface area contributed by atoms with Crippen LogP contribution in [0.5, 0.6) is 0 Å². The Bertz CT molecular complexity index is 247. The maximum Gasteiger partial charge on any atom is 0.233 e. The Morgan fingerprint density at radius 1 is 1.53 bits per heavy atom. The fourth-order valence-electron chi connectivity index (χ4n) is 2.62. The molecule has 0 aromatic carbocycles. The van der Waals surface area contributed by atoms with Gasteiger partial charge < -0.3 is 4.90 Å². The van der Waals surface area contributed by atoms with Crippen molar-refractivity contribution >= 4 is 5.91 Å². The van der Waals surface area contributed by atoms with Crippen molar-refractivity contribution in [2.24, 2.45) is 5.84 Å². The van der Waals surface area contributed by atoms with Crippen molar-refractivity contribution < 1.29 is 4.79 Å². The van der Waals surface area contributed by atoms with Gasteiger partial charge in [-0.25, -0.2) is 5.84 Å². The number of amides is 1. The van der Waals surface area contributed by atoms with Gasteiger partial charge >= 0.3 is 0 Å². The lowest BCUT2D eigenvalue weighted by Gasteiger charge is -2.33. The zero-order valence-corrected chi connectivity index (χ0v) is 11.3. The number of hydrazine groups is 1. The van der Waals surface area contributed by atoms with Crippen molar-refractivity contribution in [3.63, 3.8) is 0 Å². The molecule has 1 aliphatic heterocycles. The molecule has 100 valence electrons. The normalized spacial score (nSPS) is 25.3. The van der Waals surface area contributed by atoms with E-state index in [-0.39, 0.29) is 5.91 Å². The predicted molar refractivity (Wildman–Crippen MR) is 69.3 cm³/mol. The van der Waals surface area contributed by atoms with E-state index in [9.17, 15) is 4.79 Å². The molecule has 0 bridgehead atoms. The summed E-state index contributed by atoms with van der Waals surface area (Å²) in [6.07, 6.45) is 2.59. The van der Waals surface area contributed by atoms with Gasteiger partial charge in [-0.1, -0.05) is 0 Å². The van der Waals surface area contributed by atoms with Gasteiger partial charge in [-0.2, -0.15) is 0 Å². The molecule has 2 unspecified atom stereocenters. The van der Waals surface area contributed by atoms with Crippen LogP contribution < -0.4 is 11.3 Å². The van der Waals surface area contributed by atoms with Crippen LogP contribution >= 0.6 is 0 Å². The first-order valence-corrected chi connectivity index (χ1v) is 6.48. The van der Waals surface area contributed by atoms with Gasteiger partial charge in [-0.15, -0.1) is 0 Å². The average molecular weight is 242 g/mol. The number of rotatable bonds is 4. The highest BCUT2D eigenvalue weighted by atomic mass is 16.2. The number of hydrogen-bond acceptors (Lipinski definition) is 4. The first-order valence-electron chi connectivity index (χ1n) is 6.48. The third-order valence-electron chi connectivity index (χ3n) is 3.61. The van der Waals surface area contributed by atoms with Gasteiger partial charge in [0, 0.05) is 25.0 Å². The van der Waals surface area contributed by atoms with Crippen LogP contribution in [0.1, 0.15) is 33.1 Å². The highest BCUT2D eigenvalue weighted by Gasteiger charge is 2.23. The first kappa shape index (κ1) is 14.4. The molecule has 1 aliphatic rings. The Kier molecular flexibility index (Phi) is 5.88. The zero-order chi connectivity index (χ0) is 12.8. The number of likely N-dealkylation sites (N-methyl/N-ethyl adjacent to an activating group) is 1. The Labute approximate surface area is 104 Å². The molecule has 0 spiro atoms. The van der Waals surface area contributed by atoms with Crippen molar-refractivity contribution in [2.75, 3.05) is 26.7 Å². The molecular formula is C12H26N4O. The lowest BCUT2D eigenvalue weighted by Crippen LogP contribution is -2.43. The van der Waals surface area contributed by atoms with Crippen LogP contribution in [0.3, 0.4) is 0 Å². The minimum atomic E-state index is -0.0727. The van der Waals surface area contributed by atoms with Crippen LogP contribution in [0, 0.1) is 0 Å². The van der Waals surface area contributed by atoms with E-state index in [2.05, 4.69) is 36.1 Å². The second kappa shape index (κ2) is 6.93. The van der Waals surface area contributed by atoms with Gasteiger partial charge in [0.05, 0.1) is 0 Å². The van der Waals surface area contributed by atoms with E-state index < -0.39 is 0 Å². The number of nitrogens with zero attached hydrogens (tertiary/aromatic N) is 2. The molecule has 0 aromatic heterocycles. The smallest absolute Gasteiger partial charge is 0.233 e. The van der Waals surface area contributed by atoms with E-state index in [1.165, 1.54) is 6.42 Å². The van der Waals surface area contributed by atoms with Gasteiger partial charge in [0.25, 0.3) is 0 Å². The summed E-state index contributed by atoms with van der Waals surface area (Å²) < 4.78 is 0. The molecule has 1 heterocycles. The van der Waals surface area contributed by atoms with Crippen molar-refractivity contribution in [3.8, 4) is 0 Å². The second-order valence-electron chi connectivity index (χ2n) is 5.16. The van der Waals surface area contributed by atoms with E-state index >= 15 is 0 Å². The predicted octanol–water partition coefficient (Wildman–Crippen LogP) is 0.171. The van der Waals surface area contributed by atoms with Crippen LogP contribution in [0.2, 0.25) is 0 Å². The van der Waals surface area contributed by atoms with Crippen LogP contribution in [0.4, 0.5) is 0 Å². The standard InChI is InChI=1S/C12H26N4O/c1-10(5-6-12(17)14-13)16-8-4-7-15(3)9-11(16)2/h10-11H,4-9,13H2,1-3H3,(H,14,17).